The van der Waals surface area contributed by atoms with Gasteiger partial charge in [-0.1, -0.05) is 78.1 Å². The Bertz CT molecular complexity index is 404. The van der Waals surface area contributed by atoms with Crippen molar-refractivity contribution in [1.29, 1.82) is 0 Å². The van der Waals surface area contributed by atoms with Gasteiger partial charge in [0.25, 0.3) is 0 Å². The maximum absolute atomic E-state index is 2.40. The summed E-state index contributed by atoms with van der Waals surface area (Å²) in [6.45, 7) is 16.9. The highest BCUT2D eigenvalue weighted by molar-refractivity contribution is 5.24. The van der Waals surface area contributed by atoms with Crippen molar-refractivity contribution in [2.45, 2.75) is 92.0 Å². The van der Waals surface area contributed by atoms with Crippen molar-refractivity contribution in [3.63, 3.8) is 0 Å². The third kappa shape index (κ3) is 8.60. The molecule has 1 aromatic rings. The van der Waals surface area contributed by atoms with E-state index >= 15 is 0 Å². The molecule has 0 aromatic heterocycles. The van der Waals surface area contributed by atoms with Crippen LogP contribution in [0.15, 0.2) is 24.3 Å². The fourth-order valence-corrected chi connectivity index (χ4v) is 3.63. The molecule has 0 N–H and O–H groups in total. The van der Waals surface area contributed by atoms with Crippen LogP contribution in [0.2, 0.25) is 0 Å². The summed E-state index contributed by atoms with van der Waals surface area (Å²) in [5.74, 6) is 0.679. The smallest absolute Gasteiger partial charge is 0.104 e. The molecule has 0 saturated carbocycles. The first-order valence-electron chi connectivity index (χ1n) is 10.5. The van der Waals surface area contributed by atoms with Crippen molar-refractivity contribution < 1.29 is 16.9 Å². The van der Waals surface area contributed by atoms with Crippen LogP contribution in [0.4, 0.5) is 0 Å². The van der Waals surface area contributed by atoms with Crippen LogP contribution < -0.4 is 12.4 Å². The lowest BCUT2D eigenvalue weighted by atomic mass is 9.97. The van der Waals surface area contributed by atoms with Crippen molar-refractivity contribution in [1.82, 2.24) is 0 Å². The highest BCUT2D eigenvalue weighted by atomic mass is 35.5. The summed E-state index contributed by atoms with van der Waals surface area (Å²) in [5, 5.41) is 0. The molecule has 0 fully saturated rings. The largest absolute Gasteiger partial charge is 1.00 e. The topological polar surface area (TPSA) is 0 Å². The second kappa shape index (κ2) is 13.6. The number of benzene rings is 1. The van der Waals surface area contributed by atoms with E-state index in [-0.39, 0.29) is 12.4 Å². The van der Waals surface area contributed by atoms with Gasteiger partial charge < -0.3 is 16.9 Å². The second-order valence-electron chi connectivity index (χ2n) is 7.78. The quantitative estimate of drug-likeness (QED) is 0.463. The van der Waals surface area contributed by atoms with Crippen LogP contribution in [0, 0.1) is 0 Å². The molecule has 146 valence electrons. The molecule has 0 radical (unpaired) electrons. The average Bonchev–Trinajstić information content (AvgIpc) is 2.62. The Balaban J connectivity index is 0.00000576. The number of hydrogen-bond acceptors (Lipinski definition) is 0. The van der Waals surface area contributed by atoms with Gasteiger partial charge in [0.1, 0.15) is 6.54 Å². The van der Waals surface area contributed by atoms with E-state index in [0.29, 0.717) is 5.92 Å². The van der Waals surface area contributed by atoms with Crippen molar-refractivity contribution in [2.75, 3.05) is 19.6 Å². The Morgan fingerprint density at radius 2 is 1.20 bits per heavy atom. The minimum Gasteiger partial charge on any atom is -1.00 e. The third-order valence-corrected chi connectivity index (χ3v) is 5.64. The molecular formula is C23H42ClN. The molecule has 0 aliphatic rings. The molecule has 1 nitrogen and oxygen atoms in total. The van der Waals surface area contributed by atoms with Crippen LogP contribution in [-0.4, -0.2) is 24.1 Å². The standard InChI is InChI=1S/C23H42N.ClH/c1-6-10-17-24(18-11-7-2,19-12-8-3)20-22-13-15-23(16-14-22)21(5)9-4;/h13-16,21H,6-12,17-20H2,1-5H3;1H/q+1;/p-1. The van der Waals surface area contributed by atoms with Gasteiger partial charge in [0, 0.05) is 5.56 Å². The van der Waals surface area contributed by atoms with E-state index in [1.807, 2.05) is 0 Å². The summed E-state index contributed by atoms with van der Waals surface area (Å²) < 4.78 is 1.30. The van der Waals surface area contributed by atoms with Crippen molar-refractivity contribution in [2.24, 2.45) is 0 Å². The number of hydrogen-bond donors (Lipinski definition) is 0. The lowest BCUT2D eigenvalue weighted by Gasteiger charge is -2.39. The van der Waals surface area contributed by atoms with E-state index in [1.165, 1.54) is 86.7 Å². The zero-order valence-electron chi connectivity index (χ0n) is 17.5. The summed E-state index contributed by atoms with van der Waals surface area (Å²) in [7, 11) is 0. The molecule has 0 amide bonds. The molecule has 0 bridgehead atoms. The molecule has 25 heavy (non-hydrogen) atoms. The van der Waals surface area contributed by atoms with Gasteiger partial charge in [-0.2, -0.15) is 0 Å². The van der Waals surface area contributed by atoms with Crippen LogP contribution in [0.25, 0.3) is 0 Å². The van der Waals surface area contributed by atoms with Gasteiger partial charge in [0.05, 0.1) is 19.6 Å². The fraction of sp³-hybridized carbons (Fsp3) is 0.739. The Morgan fingerprint density at radius 3 is 1.56 bits per heavy atom. The molecule has 0 saturated heterocycles. The Morgan fingerprint density at radius 1 is 0.760 bits per heavy atom. The zero-order chi connectivity index (χ0) is 17.8. The number of rotatable bonds is 13. The van der Waals surface area contributed by atoms with Crippen LogP contribution in [0.3, 0.4) is 0 Å². The van der Waals surface area contributed by atoms with Gasteiger partial charge in [-0.25, -0.2) is 0 Å². The van der Waals surface area contributed by atoms with E-state index in [1.54, 1.807) is 0 Å². The lowest BCUT2D eigenvalue weighted by Crippen LogP contribution is -3.00. The monoisotopic (exact) mass is 367 g/mol. The predicted octanol–water partition coefficient (Wildman–Crippen LogP) is 3.92. The molecule has 0 spiro atoms. The lowest BCUT2D eigenvalue weighted by molar-refractivity contribution is -0.941. The fourth-order valence-electron chi connectivity index (χ4n) is 3.63. The van der Waals surface area contributed by atoms with Gasteiger partial charge in [-0.15, -0.1) is 0 Å². The molecule has 0 aliphatic carbocycles. The summed E-state index contributed by atoms with van der Waals surface area (Å²) in [6, 6.07) is 9.55. The molecule has 1 rings (SSSR count). The normalized spacial score (nSPS) is 12.7. The Labute approximate surface area is 164 Å². The highest BCUT2D eigenvalue weighted by Gasteiger charge is 2.26. The first-order valence-corrected chi connectivity index (χ1v) is 10.5. The average molecular weight is 368 g/mol. The van der Waals surface area contributed by atoms with E-state index < -0.39 is 0 Å². The predicted molar refractivity (Wildman–Crippen MR) is 108 cm³/mol. The van der Waals surface area contributed by atoms with E-state index in [9.17, 15) is 0 Å². The summed E-state index contributed by atoms with van der Waals surface area (Å²) in [4.78, 5) is 0. The molecule has 0 heterocycles. The molecule has 0 aliphatic heterocycles. The Hall–Kier alpha value is -0.530. The maximum Gasteiger partial charge on any atom is 0.104 e. The van der Waals surface area contributed by atoms with Crippen LogP contribution in [0.5, 0.6) is 0 Å². The minimum absolute atomic E-state index is 0. The third-order valence-electron chi connectivity index (χ3n) is 5.64. The van der Waals surface area contributed by atoms with E-state index in [4.69, 9.17) is 0 Å². The van der Waals surface area contributed by atoms with Crippen LogP contribution in [0.1, 0.15) is 96.6 Å². The first-order chi connectivity index (χ1) is 11.6. The van der Waals surface area contributed by atoms with Gasteiger partial charge in [-0.05, 0) is 37.2 Å². The van der Waals surface area contributed by atoms with E-state index in [0.717, 1.165) is 0 Å². The molecule has 1 aromatic carbocycles. The number of unbranched alkanes of at least 4 members (excludes halogenated alkanes) is 3. The summed E-state index contributed by atoms with van der Waals surface area (Å²) in [6.07, 6.45) is 9.24. The first kappa shape index (κ1) is 24.5. The second-order valence-corrected chi connectivity index (χ2v) is 7.78. The van der Waals surface area contributed by atoms with Crippen LogP contribution in [-0.2, 0) is 6.54 Å². The SMILES string of the molecule is CCCC[N+](CCCC)(CCCC)Cc1ccc(C(C)CC)cc1.[Cl-]. The molecule has 1 atom stereocenters. The van der Waals surface area contributed by atoms with Crippen LogP contribution >= 0.6 is 0 Å². The van der Waals surface area contributed by atoms with Gasteiger partial charge in [0.2, 0.25) is 0 Å². The molecule has 1 unspecified atom stereocenters. The van der Waals surface area contributed by atoms with Gasteiger partial charge in [-0.3, -0.25) is 0 Å². The van der Waals surface area contributed by atoms with Gasteiger partial charge in [0.15, 0.2) is 0 Å². The van der Waals surface area contributed by atoms with Crippen molar-refractivity contribution >= 4 is 0 Å². The van der Waals surface area contributed by atoms with Gasteiger partial charge >= 0.3 is 0 Å². The van der Waals surface area contributed by atoms with E-state index in [2.05, 4.69) is 58.9 Å². The Kier molecular flexibility index (Phi) is 13.4. The maximum atomic E-state index is 2.40. The zero-order valence-corrected chi connectivity index (χ0v) is 18.2. The van der Waals surface area contributed by atoms with Crippen molar-refractivity contribution in [3.05, 3.63) is 35.4 Å². The summed E-state index contributed by atoms with van der Waals surface area (Å²) >= 11 is 0. The number of halogens is 1. The molecular weight excluding hydrogens is 326 g/mol. The van der Waals surface area contributed by atoms with Crippen molar-refractivity contribution in [3.8, 4) is 0 Å². The number of quaternary nitrogens is 1. The molecule has 2 heteroatoms. The highest BCUT2D eigenvalue weighted by Crippen LogP contribution is 2.23. The summed E-state index contributed by atoms with van der Waals surface area (Å²) in [5.41, 5.74) is 3.03. The number of nitrogens with zero attached hydrogens (tertiary/aromatic N) is 1. The minimum atomic E-state index is 0.